The Labute approximate surface area is 116 Å². The van der Waals surface area contributed by atoms with Gasteiger partial charge in [0.25, 0.3) is 5.91 Å². The first-order chi connectivity index (χ1) is 9.43. The standard InChI is InChI=1S/C14H17FN4O/c1-8-12(16)13(18-17-8)14(20)19(3)9(2)10-6-4-5-7-11(10)15/h4-7,9H,16H2,1-3H3,(H,17,18). The molecule has 5 nitrogen and oxygen atoms in total. The van der Waals surface area contributed by atoms with Gasteiger partial charge in [-0.15, -0.1) is 0 Å². The van der Waals surface area contributed by atoms with E-state index in [0.717, 1.165) is 0 Å². The van der Waals surface area contributed by atoms with Crippen molar-refractivity contribution in [3.8, 4) is 0 Å². The van der Waals surface area contributed by atoms with Crippen LogP contribution in [0.1, 0.15) is 34.7 Å². The number of aromatic amines is 1. The normalized spacial score (nSPS) is 12.2. The highest BCUT2D eigenvalue weighted by molar-refractivity contribution is 5.97. The number of rotatable bonds is 3. The molecular formula is C14H17FN4O. The number of nitrogens with one attached hydrogen (secondary N) is 1. The second-order valence-corrected chi connectivity index (χ2v) is 4.72. The highest BCUT2D eigenvalue weighted by Gasteiger charge is 2.24. The summed E-state index contributed by atoms with van der Waals surface area (Å²) in [6, 6.07) is 5.96. The van der Waals surface area contributed by atoms with E-state index in [9.17, 15) is 9.18 Å². The summed E-state index contributed by atoms with van der Waals surface area (Å²) in [5.74, 6) is -0.687. The van der Waals surface area contributed by atoms with E-state index in [-0.39, 0.29) is 17.4 Å². The van der Waals surface area contributed by atoms with Crippen molar-refractivity contribution in [1.82, 2.24) is 15.1 Å². The van der Waals surface area contributed by atoms with E-state index in [1.807, 2.05) is 0 Å². The number of anilines is 1. The molecule has 0 bridgehead atoms. The minimum absolute atomic E-state index is 0.160. The highest BCUT2D eigenvalue weighted by atomic mass is 19.1. The summed E-state index contributed by atoms with van der Waals surface area (Å²) in [5, 5.41) is 6.57. The first-order valence-corrected chi connectivity index (χ1v) is 6.25. The van der Waals surface area contributed by atoms with Crippen LogP contribution < -0.4 is 5.73 Å². The van der Waals surface area contributed by atoms with Gasteiger partial charge in [0.1, 0.15) is 5.82 Å². The van der Waals surface area contributed by atoms with Crippen LogP contribution in [0.3, 0.4) is 0 Å². The third-order valence-corrected chi connectivity index (χ3v) is 3.45. The van der Waals surface area contributed by atoms with E-state index in [1.165, 1.54) is 11.0 Å². The number of aromatic nitrogens is 2. The Balaban J connectivity index is 2.27. The Kier molecular flexibility index (Phi) is 3.74. The molecular weight excluding hydrogens is 259 g/mol. The third-order valence-electron chi connectivity index (χ3n) is 3.45. The van der Waals surface area contributed by atoms with Crippen LogP contribution in [0.2, 0.25) is 0 Å². The van der Waals surface area contributed by atoms with Crippen LogP contribution in [0.15, 0.2) is 24.3 Å². The van der Waals surface area contributed by atoms with Gasteiger partial charge in [-0.2, -0.15) is 5.10 Å². The molecule has 20 heavy (non-hydrogen) atoms. The molecule has 1 aromatic carbocycles. The van der Waals surface area contributed by atoms with Gasteiger partial charge in [-0.3, -0.25) is 9.89 Å². The Morgan fingerprint density at radius 3 is 2.65 bits per heavy atom. The average molecular weight is 276 g/mol. The number of H-pyrrole nitrogens is 1. The fourth-order valence-corrected chi connectivity index (χ4v) is 1.97. The van der Waals surface area contributed by atoms with E-state index in [0.29, 0.717) is 16.9 Å². The molecule has 2 aromatic rings. The number of nitrogen functional groups attached to an aromatic ring is 1. The Morgan fingerprint density at radius 2 is 2.10 bits per heavy atom. The van der Waals surface area contributed by atoms with Crippen LogP contribution in [0.4, 0.5) is 10.1 Å². The molecule has 0 saturated heterocycles. The second-order valence-electron chi connectivity index (χ2n) is 4.72. The number of hydrogen-bond acceptors (Lipinski definition) is 3. The van der Waals surface area contributed by atoms with Gasteiger partial charge < -0.3 is 10.6 Å². The topological polar surface area (TPSA) is 75.0 Å². The lowest BCUT2D eigenvalue weighted by atomic mass is 10.1. The van der Waals surface area contributed by atoms with E-state index in [1.54, 1.807) is 39.1 Å². The van der Waals surface area contributed by atoms with Crippen LogP contribution in [0.5, 0.6) is 0 Å². The van der Waals surface area contributed by atoms with Crippen LogP contribution in [-0.2, 0) is 0 Å². The molecule has 1 unspecified atom stereocenters. The van der Waals surface area contributed by atoms with Crippen molar-refractivity contribution in [1.29, 1.82) is 0 Å². The first-order valence-electron chi connectivity index (χ1n) is 6.25. The number of hydrogen-bond donors (Lipinski definition) is 2. The summed E-state index contributed by atoms with van der Waals surface area (Å²) in [6.45, 7) is 3.49. The maximum Gasteiger partial charge on any atom is 0.276 e. The molecule has 0 aliphatic heterocycles. The van der Waals surface area contributed by atoms with Gasteiger partial charge in [-0.25, -0.2) is 4.39 Å². The predicted octanol–water partition coefficient (Wildman–Crippen LogP) is 2.27. The Hall–Kier alpha value is -2.37. The predicted molar refractivity (Wildman–Crippen MR) is 74.6 cm³/mol. The molecule has 0 aliphatic carbocycles. The lowest BCUT2D eigenvalue weighted by Crippen LogP contribution is -2.31. The highest BCUT2D eigenvalue weighted by Crippen LogP contribution is 2.24. The summed E-state index contributed by atoms with van der Waals surface area (Å²) in [5.41, 5.74) is 7.37. The van der Waals surface area contributed by atoms with E-state index in [2.05, 4.69) is 10.2 Å². The molecule has 0 fully saturated rings. The maximum absolute atomic E-state index is 13.8. The molecule has 1 atom stereocenters. The molecule has 3 N–H and O–H groups in total. The zero-order chi connectivity index (χ0) is 14.9. The van der Waals surface area contributed by atoms with Crippen LogP contribution in [-0.4, -0.2) is 28.1 Å². The van der Waals surface area contributed by atoms with Crippen molar-refractivity contribution >= 4 is 11.6 Å². The van der Waals surface area contributed by atoms with Gasteiger partial charge in [0.05, 0.1) is 17.4 Å². The number of carbonyl (C=O) groups is 1. The summed E-state index contributed by atoms with van der Waals surface area (Å²) in [6.07, 6.45) is 0. The fraction of sp³-hybridized carbons (Fsp3) is 0.286. The van der Waals surface area contributed by atoms with E-state index >= 15 is 0 Å². The molecule has 1 heterocycles. The summed E-state index contributed by atoms with van der Waals surface area (Å²) >= 11 is 0. The molecule has 0 radical (unpaired) electrons. The molecule has 0 spiro atoms. The second kappa shape index (κ2) is 5.32. The van der Waals surface area contributed by atoms with Crippen molar-refractivity contribution in [2.45, 2.75) is 19.9 Å². The quantitative estimate of drug-likeness (QED) is 0.903. The van der Waals surface area contributed by atoms with E-state index < -0.39 is 6.04 Å². The van der Waals surface area contributed by atoms with Crippen molar-refractivity contribution < 1.29 is 9.18 Å². The lowest BCUT2D eigenvalue weighted by molar-refractivity contribution is 0.0735. The van der Waals surface area contributed by atoms with Gasteiger partial charge >= 0.3 is 0 Å². The summed E-state index contributed by atoms with van der Waals surface area (Å²) in [4.78, 5) is 13.8. The van der Waals surface area contributed by atoms with Crippen LogP contribution in [0.25, 0.3) is 0 Å². The number of halogens is 1. The molecule has 6 heteroatoms. The molecule has 1 aromatic heterocycles. The van der Waals surface area contributed by atoms with Gasteiger partial charge in [0.2, 0.25) is 0 Å². The number of amides is 1. The largest absolute Gasteiger partial charge is 0.395 e. The van der Waals surface area contributed by atoms with Crippen molar-refractivity contribution in [3.05, 3.63) is 47.0 Å². The SMILES string of the molecule is Cc1[nH]nc(C(=O)N(C)C(C)c2ccccc2F)c1N. The number of nitrogens with zero attached hydrogens (tertiary/aromatic N) is 2. The van der Waals surface area contributed by atoms with Gasteiger partial charge in [-0.05, 0) is 19.9 Å². The fourth-order valence-electron chi connectivity index (χ4n) is 1.97. The average Bonchev–Trinajstić information content (AvgIpc) is 2.77. The Morgan fingerprint density at radius 1 is 1.45 bits per heavy atom. The zero-order valence-electron chi connectivity index (χ0n) is 11.6. The van der Waals surface area contributed by atoms with Gasteiger partial charge in [0.15, 0.2) is 5.69 Å². The lowest BCUT2D eigenvalue weighted by Gasteiger charge is -2.25. The minimum atomic E-state index is -0.417. The minimum Gasteiger partial charge on any atom is -0.395 e. The number of aryl methyl sites for hydroxylation is 1. The Bertz CT molecular complexity index is 638. The van der Waals surface area contributed by atoms with Gasteiger partial charge in [0, 0.05) is 12.6 Å². The summed E-state index contributed by atoms with van der Waals surface area (Å²) in [7, 11) is 1.60. The number of nitrogens with two attached hydrogens (primary N) is 1. The molecule has 0 aliphatic rings. The maximum atomic E-state index is 13.8. The van der Waals surface area contributed by atoms with Crippen molar-refractivity contribution in [2.24, 2.45) is 0 Å². The molecule has 2 rings (SSSR count). The van der Waals surface area contributed by atoms with Gasteiger partial charge in [-0.1, -0.05) is 18.2 Å². The number of benzene rings is 1. The first kappa shape index (κ1) is 14.0. The molecule has 106 valence electrons. The number of carbonyl (C=O) groups excluding carboxylic acids is 1. The van der Waals surface area contributed by atoms with Crippen molar-refractivity contribution in [2.75, 3.05) is 12.8 Å². The van der Waals surface area contributed by atoms with Crippen molar-refractivity contribution in [3.63, 3.8) is 0 Å². The monoisotopic (exact) mass is 276 g/mol. The molecule has 0 saturated carbocycles. The van der Waals surface area contributed by atoms with E-state index in [4.69, 9.17) is 5.73 Å². The van der Waals surface area contributed by atoms with Crippen LogP contribution in [0, 0.1) is 12.7 Å². The summed E-state index contributed by atoms with van der Waals surface area (Å²) < 4.78 is 13.8. The van der Waals surface area contributed by atoms with Crippen LogP contribution >= 0.6 is 0 Å². The molecule has 1 amide bonds. The third kappa shape index (κ3) is 2.36. The smallest absolute Gasteiger partial charge is 0.276 e. The zero-order valence-corrected chi connectivity index (χ0v) is 11.6.